The SMILES string of the molecule is Cc1c(C(C)C)c(=O)n(-c2ccc(S(=O)(=O)Nc3cc(Br)ccc3Br)cc2)n1C. The second-order valence-corrected chi connectivity index (χ2v) is 10.5. The van der Waals surface area contributed by atoms with Crippen LogP contribution in [0.3, 0.4) is 0 Å². The predicted molar refractivity (Wildman–Crippen MR) is 122 cm³/mol. The van der Waals surface area contributed by atoms with Crippen LogP contribution in [0, 0.1) is 6.92 Å². The van der Waals surface area contributed by atoms with Crippen molar-refractivity contribution >= 4 is 47.6 Å². The fourth-order valence-electron chi connectivity index (χ4n) is 3.23. The third-order valence-electron chi connectivity index (χ3n) is 4.74. The number of sulfonamides is 1. The second kappa shape index (κ2) is 8.12. The first-order chi connectivity index (χ1) is 13.5. The van der Waals surface area contributed by atoms with Gasteiger partial charge in [0, 0.05) is 27.3 Å². The molecular weight excluding hydrogens is 522 g/mol. The van der Waals surface area contributed by atoms with E-state index in [-0.39, 0.29) is 16.4 Å². The van der Waals surface area contributed by atoms with Crippen molar-refractivity contribution in [3.05, 3.63) is 73.0 Å². The van der Waals surface area contributed by atoms with Crippen LogP contribution in [0.15, 0.2) is 61.1 Å². The molecule has 0 aliphatic heterocycles. The molecule has 29 heavy (non-hydrogen) atoms. The smallest absolute Gasteiger partial charge is 0.275 e. The van der Waals surface area contributed by atoms with Crippen LogP contribution in [0.1, 0.15) is 31.0 Å². The van der Waals surface area contributed by atoms with Gasteiger partial charge in [-0.15, -0.1) is 0 Å². The molecule has 0 saturated carbocycles. The predicted octanol–water partition coefficient (Wildman–Crippen LogP) is 4.93. The fraction of sp³-hybridized carbons (Fsp3) is 0.250. The monoisotopic (exact) mass is 541 g/mol. The molecule has 2 aromatic carbocycles. The summed E-state index contributed by atoms with van der Waals surface area (Å²) in [7, 11) is -1.96. The van der Waals surface area contributed by atoms with E-state index >= 15 is 0 Å². The lowest BCUT2D eigenvalue weighted by molar-refractivity contribution is 0.601. The van der Waals surface area contributed by atoms with E-state index in [0.717, 1.165) is 15.7 Å². The van der Waals surface area contributed by atoms with E-state index in [1.165, 1.54) is 12.1 Å². The Labute approximate surface area is 186 Å². The zero-order valence-corrected chi connectivity index (χ0v) is 20.4. The van der Waals surface area contributed by atoms with Gasteiger partial charge in [-0.25, -0.2) is 13.1 Å². The fourth-order valence-corrected chi connectivity index (χ4v) is 5.14. The van der Waals surface area contributed by atoms with Crippen molar-refractivity contribution in [2.75, 3.05) is 4.72 Å². The maximum atomic E-state index is 12.8. The van der Waals surface area contributed by atoms with E-state index in [1.54, 1.807) is 33.6 Å². The molecule has 0 radical (unpaired) electrons. The Hall–Kier alpha value is -1.84. The minimum absolute atomic E-state index is 0.0909. The number of benzene rings is 2. The Bertz CT molecular complexity index is 1230. The van der Waals surface area contributed by atoms with Crippen molar-refractivity contribution in [1.29, 1.82) is 0 Å². The molecule has 0 fully saturated rings. The number of anilines is 1. The molecule has 0 atom stereocenters. The van der Waals surface area contributed by atoms with Gasteiger partial charge in [0.05, 0.1) is 16.3 Å². The van der Waals surface area contributed by atoms with Crippen LogP contribution in [0.2, 0.25) is 0 Å². The van der Waals surface area contributed by atoms with Crippen molar-refractivity contribution in [1.82, 2.24) is 9.36 Å². The number of nitrogens with one attached hydrogen (secondary N) is 1. The van der Waals surface area contributed by atoms with Crippen LogP contribution in [-0.4, -0.2) is 17.8 Å². The van der Waals surface area contributed by atoms with E-state index in [2.05, 4.69) is 36.6 Å². The molecule has 6 nitrogen and oxygen atoms in total. The molecule has 1 heterocycles. The number of halogens is 2. The Morgan fingerprint density at radius 3 is 2.21 bits per heavy atom. The summed E-state index contributed by atoms with van der Waals surface area (Å²) in [6.45, 7) is 5.87. The maximum absolute atomic E-state index is 12.8. The highest BCUT2D eigenvalue weighted by molar-refractivity contribution is 9.11. The highest BCUT2D eigenvalue weighted by Gasteiger charge is 2.20. The first kappa shape index (κ1) is 21.9. The van der Waals surface area contributed by atoms with Gasteiger partial charge in [-0.2, -0.15) is 0 Å². The van der Waals surface area contributed by atoms with Gasteiger partial charge in [0.2, 0.25) is 0 Å². The summed E-state index contributed by atoms with van der Waals surface area (Å²) in [6.07, 6.45) is 0. The molecule has 0 amide bonds. The lowest BCUT2D eigenvalue weighted by atomic mass is 10.0. The molecule has 1 aromatic heterocycles. The molecule has 0 aliphatic carbocycles. The summed E-state index contributed by atoms with van der Waals surface area (Å²) >= 11 is 6.68. The molecule has 0 spiro atoms. The Balaban J connectivity index is 1.98. The summed E-state index contributed by atoms with van der Waals surface area (Å²) in [6, 6.07) is 11.5. The first-order valence-corrected chi connectivity index (χ1v) is 12.0. The van der Waals surface area contributed by atoms with Crippen molar-refractivity contribution < 1.29 is 8.42 Å². The Morgan fingerprint density at radius 1 is 1.03 bits per heavy atom. The van der Waals surface area contributed by atoms with Crippen LogP contribution in [0.25, 0.3) is 5.69 Å². The van der Waals surface area contributed by atoms with Gasteiger partial charge >= 0.3 is 0 Å². The maximum Gasteiger partial charge on any atom is 0.275 e. The number of hydrogen-bond donors (Lipinski definition) is 1. The summed E-state index contributed by atoms with van der Waals surface area (Å²) in [5, 5.41) is 0. The summed E-state index contributed by atoms with van der Waals surface area (Å²) in [5.74, 6) is 0.0995. The lowest BCUT2D eigenvalue weighted by Gasteiger charge is -2.12. The zero-order chi connectivity index (χ0) is 21.5. The molecule has 3 aromatic rings. The molecule has 9 heteroatoms. The highest BCUT2D eigenvalue weighted by Crippen LogP contribution is 2.28. The highest BCUT2D eigenvalue weighted by atomic mass is 79.9. The van der Waals surface area contributed by atoms with Crippen molar-refractivity contribution in [3.63, 3.8) is 0 Å². The van der Waals surface area contributed by atoms with E-state index in [1.807, 2.05) is 33.9 Å². The van der Waals surface area contributed by atoms with E-state index in [9.17, 15) is 13.2 Å². The topological polar surface area (TPSA) is 73.1 Å². The van der Waals surface area contributed by atoms with Gasteiger partial charge in [-0.05, 0) is 71.2 Å². The van der Waals surface area contributed by atoms with E-state index < -0.39 is 10.0 Å². The molecule has 0 unspecified atom stereocenters. The third kappa shape index (κ3) is 4.22. The quantitative estimate of drug-likeness (QED) is 0.496. The normalized spacial score (nSPS) is 11.8. The average molecular weight is 543 g/mol. The van der Waals surface area contributed by atoms with Gasteiger partial charge in [0.15, 0.2) is 0 Å². The van der Waals surface area contributed by atoms with Gasteiger partial charge in [0.25, 0.3) is 15.6 Å². The number of hydrogen-bond acceptors (Lipinski definition) is 3. The number of nitrogens with zero attached hydrogens (tertiary/aromatic N) is 2. The summed E-state index contributed by atoms with van der Waals surface area (Å²) in [5.41, 5.74) is 2.59. The van der Waals surface area contributed by atoms with Crippen molar-refractivity contribution in [3.8, 4) is 5.69 Å². The molecule has 154 valence electrons. The van der Waals surface area contributed by atoms with E-state index in [4.69, 9.17) is 0 Å². The zero-order valence-electron chi connectivity index (χ0n) is 16.4. The van der Waals surface area contributed by atoms with Gasteiger partial charge in [-0.3, -0.25) is 14.2 Å². The Morgan fingerprint density at radius 2 is 1.66 bits per heavy atom. The van der Waals surface area contributed by atoms with E-state index in [0.29, 0.717) is 15.8 Å². The molecule has 0 aliphatic rings. The number of aromatic nitrogens is 2. The molecule has 0 bridgehead atoms. The summed E-state index contributed by atoms with van der Waals surface area (Å²) < 4.78 is 32.9. The van der Waals surface area contributed by atoms with Crippen LogP contribution < -0.4 is 10.3 Å². The van der Waals surface area contributed by atoms with Crippen LogP contribution in [0.5, 0.6) is 0 Å². The third-order valence-corrected chi connectivity index (χ3v) is 7.31. The number of rotatable bonds is 5. The van der Waals surface area contributed by atoms with Crippen molar-refractivity contribution in [2.24, 2.45) is 7.05 Å². The first-order valence-electron chi connectivity index (χ1n) is 8.89. The van der Waals surface area contributed by atoms with Gasteiger partial charge in [0.1, 0.15) is 0 Å². The minimum atomic E-state index is -3.78. The van der Waals surface area contributed by atoms with Gasteiger partial charge < -0.3 is 0 Å². The average Bonchev–Trinajstić information content (AvgIpc) is 2.87. The molecular formula is C20H21Br2N3O3S. The van der Waals surface area contributed by atoms with Crippen LogP contribution in [-0.2, 0) is 17.1 Å². The molecule has 1 N–H and O–H groups in total. The summed E-state index contributed by atoms with van der Waals surface area (Å²) in [4.78, 5) is 13.0. The lowest BCUT2D eigenvalue weighted by Crippen LogP contribution is -2.21. The molecule has 3 rings (SSSR count). The second-order valence-electron chi connectivity index (χ2n) is 7.02. The standard InChI is InChI=1S/C20H21Br2N3O3S/c1-12(2)19-13(3)24(4)25(20(19)26)15-6-8-16(9-7-15)29(27,28)23-18-11-14(21)5-10-17(18)22/h5-12,23H,1-4H3. The minimum Gasteiger partial charge on any atom is -0.285 e. The van der Waals surface area contributed by atoms with Crippen LogP contribution >= 0.6 is 31.9 Å². The van der Waals surface area contributed by atoms with Gasteiger partial charge in [-0.1, -0.05) is 29.8 Å². The Kier molecular flexibility index (Phi) is 6.12. The largest absolute Gasteiger partial charge is 0.285 e. The van der Waals surface area contributed by atoms with Crippen LogP contribution in [0.4, 0.5) is 5.69 Å². The molecule has 0 saturated heterocycles. The van der Waals surface area contributed by atoms with Crippen molar-refractivity contribution in [2.45, 2.75) is 31.6 Å².